The van der Waals surface area contributed by atoms with E-state index >= 15 is 0 Å². The lowest BCUT2D eigenvalue weighted by molar-refractivity contribution is 0.191. The van der Waals surface area contributed by atoms with Gasteiger partial charge in [-0.1, -0.05) is 6.42 Å². The summed E-state index contributed by atoms with van der Waals surface area (Å²) in [6, 6.07) is 0.735. The third kappa shape index (κ3) is 2.21. The molecule has 3 atom stereocenters. The number of hydrogen-bond donors (Lipinski definition) is 1. The lowest BCUT2D eigenvalue weighted by Crippen LogP contribution is -2.38. The zero-order valence-corrected chi connectivity index (χ0v) is 8.51. The van der Waals surface area contributed by atoms with Gasteiger partial charge in [-0.3, -0.25) is 4.18 Å². The molecule has 76 valence electrons. The first-order valence-electron chi connectivity index (χ1n) is 4.69. The van der Waals surface area contributed by atoms with Crippen LogP contribution in [-0.2, 0) is 14.3 Å². The summed E-state index contributed by atoms with van der Waals surface area (Å²) in [4.78, 5) is 0. The molecule has 2 saturated heterocycles. The van der Waals surface area contributed by atoms with Crippen molar-refractivity contribution >= 4 is 10.1 Å². The van der Waals surface area contributed by atoms with Crippen LogP contribution in [0.15, 0.2) is 0 Å². The summed E-state index contributed by atoms with van der Waals surface area (Å²) in [7, 11) is -3.29. The van der Waals surface area contributed by atoms with E-state index in [2.05, 4.69) is 5.32 Å². The minimum absolute atomic E-state index is 0.123. The number of rotatable bonds is 2. The Balaban J connectivity index is 2.02. The van der Waals surface area contributed by atoms with Gasteiger partial charge in [0.2, 0.25) is 0 Å². The summed E-state index contributed by atoms with van der Waals surface area (Å²) >= 11 is 0. The van der Waals surface area contributed by atoms with E-state index in [4.69, 9.17) is 4.18 Å². The Kier molecular flexibility index (Phi) is 2.33. The summed E-state index contributed by atoms with van der Waals surface area (Å²) < 4.78 is 26.9. The Morgan fingerprint density at radius 3 is 2.77 bits per heavy atom. The molecule has 2 aliphatic rings. The molecule has 0 spiro atoms. The summed E-state index contributed by atoms with van der Waals surface area (Å²) in [6.07, 6.45) is 5.22. The van der Waals surface area contributed by atoms with Gasteiger partial charge in [0.1, 0.15) is 0 Å². The third-order valence-corrected chi connectivity index (χ3v) is 3.38. The fourth-order valence-corrected chi connectivity index (χ4v) is 2.97. The van der Waals surface area contributed by atoms with Crippen molar-refractivity contribution in [2.75, 3.05) is 6.26 Å². The van der Waals surface area contributed by atoms with Crippen molar-refractivity contribution in [1.82, 2.24) is 5.32 Å². The second-order valence-corrected chi connectivity index (χ2v) is 5.58. The van der Waals surface area contributed by atoms with Crippen LogP contribution in [0.5, 0.6) is 0 Å². The van der Waals surface area contributed by atoms with Gasteiger partial charge in [0, 0.05) is 12.1 Å². The number of piperidine rings is 1. The predicted molar refractivity (Wildman–Crippen MR) is 48.9 cm³/mol. The third-order valence-electron chi connectivity index (χ3n) is 2.78. The molecule has 0 saturated carbocycles. The molecule has 2 fully saturated rings. The molecule has 5 heteroatoms. The first-order chi connectivity index (χ1) is 6.04. The van der Waals surface area contributed by atoms with Crippen LogP contribution in [0.25, 0.3) is 0 Å². The van der Waals surface area contributed by atoms with Gasteiger partial charge in [-0.25, -0.2) is 0 Å². The van der Waals surface area contributed by atoms with Crippen LogP contribution in [0, 0.1) is 0 Å². The fraction of sp³-hybridized carbons (Fsp3) is 1.00. The molecule has 0 aromatic carbocycles. The second kappa shape index (κ2) is 3.22. The van der Waals surface area contributed by atoms with Crippen LogP contribution in [0.2, 0.25) is 0 Å². The van der Waals surface area contributed by atoms with E-state index in [1.165, 1.54) is 6.42 Å². The number of fused-ring (bicyclic) bond motifs is 2. The Bertz CT molecular complexity index is 288. The summed E-state index contributed by atoms with van der Waals surface area (Å²) in [6.45, 7) is 0. The smallest absolute Gasteiger partial charge is 0.264 e. The Hall–Kier alpha value is -0.130. The van der Waals surface area contributed by atoms with Crippen LogP contribution in [0.3, 0.4) is 0 Å². The van der Waals surface area contributed by atoms with Gasteiger partial charge in [0.25, 0.3) is 10.1 Å². The van der Waals surface area contributed by atoms with E-state index in [0.29, 0.717) is 6.04 Å². The van der Waals surface area contributed by atoms with E-state index in [9.17, 15) is 8.42 Å². The maximum Gasteiger partial charge on any atom is 0.264 e. The molecule has 0 aromatic rings. The maximum atomic E-state index is 10.9. The molecule has 2 bridgehead atoms. The second-order valence-electron chi connectivity index (χ2n) is 3.98. The number of hydrogen-bond acceptors (Lipinski definition) is 4. The van der Waals surface area contributed by atoms with Crippen molar-refractivity contribution in [1.29, 1.82) is 0 Å². The summed E-state index contributed by atoms with van der Waals surface area (Å²) in [5.74, 6) is 0. The van der Waals surface area contributed by atoms with Crippen LogP contribution in [0.4, 0.5) is 0 Å². The van der Waals surface area contributed by atoms with Gasteiger partial charge < -0.3 is 5.32 Å². The standard InChI is InChI=1S/C8H15NO3S/c1-13(10,11)12-8-5-6-3-2-4-7(8)9-6/h6-9H,2-5H2,1H3. The van der Waals surface area contributed by atoms with E-state index < -0.39 is 10.1 Å². The maximum absolute atomic E-state index is 10.9. The van der Waals surface area contributed by atoms with Crippen LogP contribution in [-0.4, -0.2) is 32.9 Å². The highest BCUT2D eigenvalue weighted by Crippen LogP contribution is 2.29. The monoisotopic (exact) mass is 205 g/mol. The zero-order chi connectivity index (χ0) is 9.47. The highest BCUT2D eigenvalue weighted by Gasteiger charge is 2.38. The lowest BCUT2D eigenvalue weighted by Gasteiger charge is -2.21. The minimum atomic E-state index is -3.29. The molecule has 2 aliphatic heterocycles. The molecule has 1 N–H and O–H groups in total. The summed E-state index contributed by atoms with van der Waals surface area (Å²) in [5.41, 5.74) is 0. The Morgan fingerprint density at radius 1 is 1.38 bits per heavy atom. The predicted octanol–water partition coefficient (Wildman–Crippen LogP) is 0.246. The molecule has 0 amide bonds. The zero-order valence-electron chi connectivity index (χ0n) is 7.69. The van der Waals surface area contributed by atoms with E-state index in [1.54, 1.807) is 0 Å². The van der Waals surface area contributed by atoms with E-state index in [0.717, 1.165) is 25.5 Å². The highest BCUT2D eigenvalue weighted by atomic mass is 32.2. The van der Waals surface area contributed by atoms with Crippen molar-refractivity contribution in [2.45, 2.75) is 43.9 Å². The van der Waals surface area contributed by atoms with Crippen molar-refractivity contribution in [3.63, 3.8) is 0 Å². The molecule has 0 radical (unpaired) electrons. The van der Waals surface area contributed by atoms with Crippen LogP contribution >= 0.6 is 0 Å². The van der Waals surface area contributed by atoms with Gasteiger partial charge in [-0.15, -0.1) is 0 Å². The van der Waals surface area contributed by atoms with Crippen molar-refractivity contribution in [3.05, 3.63) is 0 Å². The molecular weight excluding hydrogens is 190 g/mol. The molecule has 3 unspecified atom stereocenters. The Labute approximate surface area is 78.8 Å². The average Bonchev–Trinajstić information content (AvgIpc) is 2.24. The Morgan fingerprint density at radius 2 is 2.15 bits per heavy atom. The topological polar surface area (TPSA) is 55.4 Å². The van der Waals surface area contributed by atoms with Gasteiger partial charge in [-0.05, 0) is 19.3 Å². The molecule has 2 heterocycles. The van der Waals surface area contributed by atoms with Crippen LogP contribution < -0.4 is 5.32 Å². The van der Waals surface area contributed by atoms with Gasteiger partial charge in [0.05, 0.1) is 12.4 Å². The highest BCUT2D eigenvalue weighted by molar-refractivity contribution is 7.86. The van der Waals surface area contributed by atoms with Gasteiger partial charge in [-0.2, -0.15) is 8.42 Å². The normalized spacial score (nSPS) is 39.3. The number of nitrogens with one attached hydrogen (secondary N) is 1. The first kappa shape index (κ1) is 9.43. The lowest BCUT2D eigenvalue weighted by atomic mass is 10.1. The summed E-state index contributed by atoms with van der Waals surface area (Å²) in [5, 5.41) is 3.37. The quantitative estimate of drug-likeness (QED) is 0.656. The molecule has 0 aromatic heterocycles. The SMILES string of the molecule is CS(=O)(=O)OC1CC2CCCC1N2. The van der Waals surface area contributed by atoms with Crippen LogP contribution in [0.1, 0.15) is 25.7 Å². The van der Waals surface area contributed by atoms with E-state index in [-0.39, 0.29) is 12.1 Å². The fourth-order valence-electron chi connectivity index (χ4n) is 2.31. The van der Waals surface area contributed by atoms with Gasteiger partial charge >= 0.3 is 0 Å². The molecule has 2 rings (SSSR count). The molecule has 0 aliphatic carbocycles. The van der Waals surface area contributed by atoms with E-state index in [1.807, 2.05) is 0 Å². The molecule has 4 nitrogen and oxygen atoms in total. The molecular formula is C8H15NO3S. The van der Waals surface area contributed by atoms with Crippen molar-refractivity contribution in [2.24, 2.45) is 0 Å². The van der Waals surface area contributed by atoms with Crippen molar-refractivity contribution < 1.29 is 12.6 Å². The first-order valence-corrected chi connectivity index (χ1v) is 6.50. The largest absolute Gasteiger partial charge is 0.309 e. The minimum Gasteiger partial charge on any atom is -0.309 e. The van der Waals surface area contributed by atoms with Crippen molar-refractivity contribution in [3.8, 4) is 0 Å². The van der Waals surface area contributed by atoms with Gasteiger partial charge in [0.15, 0.2) is 0 Å². The average molecular weight is 205 g/mol. The molecule has 13 heavy (non-hydrogen) atoms.